The molecule has 0 radical (unpaired) electrons. The average Bonchev–Trinajstić information content (AvgIpc) is 2.11. The monoisotopic (exact) mass is 141 g/mol. The minimum atomic E-state index is -0.881. The van der Waals surface area contributed by atoms with E-state index in [0.717, 1.165) is 0 Å². The topological polar surface area (TPSA) is 50.9 Å². The van der Waals surface area contributed by atoms with E-state index in [0.29, 0.717) is 5.69 Å². The first kappa shape index (κ1) is 7.21. The Morgan fingerprint density at radius 3 is 2.40 bits per heavy atom. The third kappa shape index (κ3) is 1.33. The van der Waals surface area contributed by atoms with Crippen LogP contribution >= 0.6 is 0 Å². The van der Waals surface area contributed by atoms with Crippen LogP contribution in [0.1, 0.15) is 19.5 Å². The smallest absolute Gasteiger partial charge is 0.114 e. The van der Waals surface area contributed by atoms with Crippen molar-refractivity contribution in [3.63, 3.8) is 0 Å². The Morgan fingerprint density at radius 2 is 2.20 bits per heavy atom. The first-order valence-corrected chi connectivity index (χ1v) is 3.09. The molecule has 1 rings (SSSR count). The van der Waals surface area contributed by atoms with Crippen LogP contribution in [0.5, 0.6) is 0 Å². The van der Waals surface area contributed by atoms with Crippen molar-refractivity contribution in [1.29, 1.82) is 0 Å². The zero-order valence-corrected chi connectivity index (χ0v) is 6.37. The molecule has 1 aromatic rings. The van der Waals surface area contributed by atoms with E-state index >= 15 is 0 Å². The van der Waals surface area contributed by atoms with Crippen molar-refractivity contribution < 1.29 is 5.11 Å². The van der Waals surface area contributed by atoms with Crippen molar-refractivity contribution in [2.75, 3.05) is 0 Å². The summed E-state index contributed by atoms with van der Waals surface area (Å²) in [5.41, 5.74) is -0.288. The van der Waals surface area contributed by atoms with Gasteiger partial charge in [0.1, 0.15) is 11.3 Å². The molecule has 0 atom stereocenters. The van der Waals surface area contributed by atoms with E-state index in [1.807, 2.05) is 0 Å². The van der Waals surface area contributed by atoms with Crippen LogP contribution in [0.4, 0.5) is 0 Å². The summed E-state index contributed by atoms with van der Waals surface area (Å²) in [7, 11) is 1.77. The number of aromatic nitrogens is 3. The molecule has 0 spiro atoms. The van der Waals surface area contributed by atoms with Crippen LogP contribution in [0.3, 0.4) is 0 Å². The molecule has 0 bridgehead atoms. The third-order valence-electron chi connectivity index (χ3n) is 1.23. The SMILES string of the molecule is Cn1cc(C(C)(C)O)nn1. The van der Waals surface area contributed by atoms with Crippen LogP contribution in [0.25, 0.3) is 0 Å². The summed E-state index contributed by atoms with van der Waals surface area (Å²) in [6.07, 6.45) is 1.69. The number of aliphatic hydroxyl groups is 1. The predicted molar refractivity (Wildman–Crippen MR) is 36.2 cm³/mol. The van der Waals surface area contributed by atoms with Crippen LogP contribution in [-0.4, -0.2) is 20.1 Å². The lowest BCUT2D eigenvalue weighted by atomic mass is 10.1. The Labute approximate surface area is 59.5 Å². The lowest BCUT2D eigenvalue weighted by Crippen LogP contribution is -2.15. The van der Waals surface area contributed by atoms with Crippen LogP contribution in [-0.2, 0) is 12.6 Å². The Morgan fingerprint density at radius 1 is 1.60 bits per heavy atom. The van der Waals surface area contributed by atoms with Gasteiger partial charge in [-0.05, 0) is 13.8 Å². The molecule has 0 aromatic carbocycles. The van der Waals surface area contributed by atoms with Crippen LogP contribution in [0.15, 0.2) is 6.20 Å². The van der Waals surface area contributed by atoms with Gasteiger partial charge < -0.3 is 5.11 Å². The number of hydrogen-bond acceptors (Lipinski definition) is 3. The Kier molecular flexibility index (Phi) is 1.48. The fourth-order valence-corrected chi connectivity index (χ4v) is 0.628. The summed E-state index contributed by atoms with van der Waals surface area (Å²) in [6.45, 7) is 3.36. The lowest BCUT2D eigenvalue weighted by Gasteiger charge is -2.11. The zero-order valence-electron chi connectivity index (χ0n) is 6.37. The highest BCUT2D eigenvalue weighted by Crippen LogP contribution is 2.14. The number of rotatable bonds is 1. The second-order valence-electron chi connectivity index (χ2n) is 2.84. The Balaban J connectivity index is 2.96. The van der Waals surface area contributed by atoms with Gasteiger partial charge in [0.25, 0.3) is 0 Å². The second kappa shape index (κ2) is 2.05. The van der Waals surface area contributed by atoms with Crippen LogP contribution in [0.2, 0.25) is 0 Å². The summed E-state index contributed by atoms with van der Waals surface area (Å²) < 4.78 is 1.56. The van der Waals surface area contributed by atoms with Gasteiger partial charge in [-0.1, -0.05) is 5.21 Å². The van der Waals surface area contributed by atoms with Crippen LogP contribution < -0.4 is 0 Å². The molecule has 0 amide bonds. The van der Waals surface area contributed by atoms with Gasteiger partial charge in [0, 0.05) is 7.05 Å². The summed E-state index contributed by atoms with van der Waals surface area (Å²) in [5.74, 6) is 0. The number of aryl methyl sites for hydroxylation is 1. The molecule has 4 heteroatoms. The van der Waals surface area contributed by atoms with Gasteiger partial charge in [-0.25, -0.2) is 0 Å². The maximum absolute atomic E-state index is 9.39. The van der Waals surface area contributed by atoms with E-state index in [4.69, 9.17) is 0 Å². The number of nitrogens with zero attached hydrogens (tertiary/aromatic N) is 3. The molecule has 56 valence electrons. The molecule has 4 nitrogen and oxygen atoms in total. The summed E-state index contributed by atoms with van der Waals surface area (Å²) in [5, 5.41) is 16.8. The first-order valence-electron chi connectivity index (χ1n) is 3.09. The van der Waals surface area contributed by atoms with Crippen molar-refractivity contribution in [2.45, 2.75) is 19.4 Å². The maximum Gasteiger partial charge on any atom is 0.114 e. The molecule has 1 aromatic heterocycles. The minimum absolute atomic E-state index is 0.593. The minimum Gasteiger partial charge on any atom is -0.384 e. The van der Waals surface area contributed by atoms with Gasteiger partial charge in [-0.2, -0.15) is 0 Å². The number of hydrogen-bond donors (Lipinski definition) is 1. The summed E-state index contributed by atoms with van der Waals surface area (Å²) in [6, 6.07) is 0. The summed E-state index contributed by atoms with van der Waals surface area (Å²) >= 11 is 0. The standard InChI is InChI=1S/C6H11N3O/c1-6(2,10)5-4-9(3)8-7-5/h4,10H,1-3H3. The van der Waals surface area contributed by atoms with Crippen molar-refractivity contribution in [1.82, 2.24) is 15.0 Å². The zero-order chi connectivity index (χ0) is 7.78. The third-order valence-corrected chi connectivity index (χ3v) is 1.23. The van der Waals surface area contributed by atoms with Crippen molar-refractivity contribution in [3.05, 3.63) is 11.9 Å². The normalized spacial score (nSPS) is 12.0. The fraction of sp³-hybridized carbons (Fsp3) is 0.667. The van der Waals surface area contributed by atoms with E-state index in [-0.39, 0.29) is 0 Å². The molecule has 0 aliphatic carbocycles. The molecular formula is C6H11N3O. The van der Waals surface area contributed by atoms with Gasteiger partial charge in [0.05, 0.1) is 6.20 Å². The molecule has 10 heavy (non-hydrogen) atoms. The largest absolute Gasteiger partial charge is 0.384 e. The molecule has 0 unspecified atom stereocenters. The maximum atomic E-state index is 9.39. The first-order chi connectivity index (χ1) is 4.50. The Hall–Kier alpha value is -0.900. The molecule has 0 aliphatic rings. The fourth-order valence-electron chi connectivity index (χ4n) is 0.628. The highest BCUT2D eigenvalue weighted by Gasteiger charge is 2.18. The molecule has 0 saturated carbocycles. The van der Waals surface area contributed by atoms with Gasteiger partial charge in [0.15, 0.2) is 0 Å². The van der Waals surface area contributed by atoms with Crippen LogP contribution in [0, 0.1) is 0 Å². The quantitative estimate of drug-likeness (QED) is 0.601. The van der Waals surface area contributed by atoms with Gasteiger partial charge in [0.2, 0.25) is 0 Å². The predicted octanol–water partition coefficient (Wildman–Crippen LogP) is 0.0425. The van der Waals surface area contributed by atoms with E-state index in [1.54, 1.807) is 31.8 Å². The van der Waals surface area contributed by atoms with Gasteiger partial charge in [-0.3, -0.25) is 4.68 Å². The molecule has 0 saturated heterocycles. The van der Waals surface area contributed by atoms with E-state index < -0.39 is 5.60 Å². The van der Waals surface area contributed by atoms with Gasteiger partial charge in [-0.15, -0.1) is 5.10 Å². The molecule has 1 heterocycles. The second-order valence-corrected chi connectivity index (χ2v) is 2.84. The van der Waals surface area contributed by atoms with Gasteiger partial charge >= 0.3 is 0 Å². The van der Waals surface area contributed by atoms with Crippen molar-refractivity contribution in [3.8, 4) is 0 Å². The molecule has 0 aliphatic heterocycles. The van der Waals surface area contributed by atoms with E-state index in [9.17, 15) is 5.11 Å². The van der Waals surface area contributed by atoms with Crippen molar-refractivity contribution in [2.24, 2.45) is 7.05 Å². The highest BCUT2D eigenvalue weighted by molar-refractivity contribution is 5.02. The average molecular weight is 141 g/mol. The summed E-state index contributed by atoms with van der Waals surface area (Å²) in [4.78, 5) is 0. The van der Waals surface area contributed by atoms with Crippen molar-refractivity contribution >= 4 is 0 Å². The lowest BCUT2D eigenvalue weighted by molar-refractivity contribution is 0.0737. The molecule has 1 N–H and O–H groups in total. The van der Waals surface area contributed by atoms with E-state index in [2.05, 4.69) is 10.3 Å². The molecular weight excluding hydrogens is 130 g/mol. The molecule has 0 fully saturated rings. The van der Waals surface area contributed by atoms with E-state index in [1.165, 1.54) is 0 Å². The highest BCUT2D eigenvalue weighted by atomic mass is 16.3. The Bertz CT molecular complexity index is 223.